The minimum atomic E-state index is -1.01. The number of rotatable bonds is 5. The van der Waals surface area contributed by atoms with Crippen molar-refractivity contribution in [1.29, 1.82) is 0 Å². The van der Waals surface area contributed by atoms with Gasteiger partial charge in [-0.15, -0.1) is 0 Å². The Bertz CT molecular complexity index is 1360. The number of hydrogen-bond acceptors (Lipinski definition) is 10. The number of aliphatic hydroxyl groups excluding tert-OH is 1. The first kappa shape index (κ1) is 38.3. The number of carbonyl (C=O) groups is 4. The molecule has 0 saturated carbocycles. The molecule has 0 aromatic heterocycles. The predicted molar refractivity (Wildman–Crippen MR) is 174 cm³/mol. The second-order valence-corrected chi connectivity index (χ2v) is 12.7. The molecule has 0 unspecified atom stereocenters. The summed E-state index contributed by atoms with van der Waals surface area (Å²) in [5, 5.41) is 13.9. The number of nitrogens with zero attached hydrogens (tertiary/aromatic N) is 1. The lowest BCUT2D eigenvalue weighted by Gasteiger charge is -2.30. The highest BCUT2D eigenvalue weighted by Gasteiger charge is 2.37. The molecule has 2 amide bonds. The van der Waals surface area contributed by atoms with Crippen molar-refractivity contribution in [3.63, 3.8) is 0 Å². The first-order valence-electron chi connectivity index (χ1n) is 15.2. The number of aliphatic imine (C=N–C) groups is 1. The van der Waals surface area contributed by atoms with Crippen LogP contribution in [0.1, 0.15) is 61.3 Å². The summed E-state index contributed by atoms with van der Waals surface area (Å²) in [6.45, 7) is 12.4. The molecule has 0 saturated heterocycles. The number of amides is 2. The Labute approximate surface area is 271 Å². The predicted octanol–water partition coefficient (Wildman–Crippen LogP) is 3.65. The maximum atomic E-state index is 14.0. The Morgan fingerprint density at radius 1 is 1.09 bits per heavy atom. The fraction of sp³-hybridized carbons (Fsp3) is 0.559. The van der Waals surface area contributed by atoms with Gasteiger partial charge in [-0.3, -0.25) is 19.4 Å². The number of nitrogens with one attached hydrogen (secondary N) is 1. The van der Waals surface area contributed by atoms with Crippen molar-refractivity contribution in [1.82, 2.24) is 5.32 Å². The minimum absolute atomic E-state index is 0.0952. The summed E-state index contributed by atoms with van der Waals surface area (Å²) in [5.74, 6) is -2.64. The fourth-order valence-electron chi connectivity index (χ4n) is 5.25. The van der Waals surface area contributed by atoms with Crippen LogP contribution in [0.15, 0.2) is 63.0 Å². The number of aliphatic hydroxyl groups is 1. The van der Waals surface area contributed by atoms with Gasteiger partial charge in [-0.2, -0.15) is 0 Å². The van der Waals surface area contributed by atoms with Gasteiger partial charge < -0.3 is 35.1 Å². The lowest BCUT2D eigenvalue weighted by Crippen LogP contribution is -2.38. The zero-order valence-electron chi connectivity index (χ0n) is 28.5. The van der Waals surface area contributed by atoms with Crippen LogP contribution in [0.5, 0.6) is 0 Å². The van der Waals surface area contributed by atoms with Crippen LogP contribution in [0.4, 0.5) is 4.79 Å². The van der Waals surface area contributed by atoms with Gasteiger partial charge in [0.1, 0.15) is 11.8 Å². The molecule has 1 aliphatic heterocycles. The minimum Gasteiger partial charge on any atom is -0.492 e. The van der Waals surface area contributed by atoms with Gasteiger partial charge in [-0.05, 0) is 59.0 Å². The van der Waals surface area contributed by atoms with Crippen LogP contribution in [0, 0.1) is 11.8 Å². The molecule has 0 aromatic carbocycles. The van der Waals surface area contributed by atoms with E-state index >= 15 is 0 Å². The molecule has 46 heavy (non-hydrogen) atoms. The highest BCUT2D eigenvalue weighted by molar-refractivity contribution is 6.32. The molecule has 0 fully saturated rings. The smallest absolute Gasteiger partial charge is 0.405 e. The summed E-state index contributed by atoms with van der Waals surface area (Å²) in [4.78, 5) is 57.3. The summed E-state index contributed by atoms with van der Waals surface area (Å²) >= 11 is 0. The Morgan fingerprint density at radius 2 is 1.74 bits per heavy atom. The molecule has 2 aliphatic rings. The summed E-state index contributed by atoms with van der Waals surface area (Å²) in [6.07, 6.45) is 3.67. The van der Waals surface area contributed by atoms with Gasteiger partial charge in [0.15, 0.2) is 11.9 Å². The van der Waals surface area contributed by atoms with Crippen molar-refractivity contribution in [3.05, 3.63) is 58.1 Å². The SMILES string of the molecule is COC1=C2C[C@H](C)C[C@H](OC)[C@H](O)[C@H](C)/C=C(/C)[C@H](OC(N)=O)[C@H](OC)/C=C/C=C(/C)C(=O)NC(=C(C=NC(C)(C)C)C1=O)C2=O. The normalized spacial score (nSPS) is 30.8. The van der Waals surface area contributed by atoms with E-state index in [-0.39, 0.29) is 40.5 Å². The molecule has 2 rings (SSSR count). The summed E-state index contributed by atoms with van der Waals surface area (Å²) in [5.41, 5.74) is 5.38. The van der Waals surface area contributed by atoms with Crippen LogP contribution in [-0.4, -0.2) is 86.2 Å². The molecule has 12 heteroatoms. The average molecular weight is 644 g/mol. The van der Waals surface area contributed by atoms with E-state index in [1.165, 1.54) is 33.6 Å². The topological polar surface area (TPSA) is 176 Å². The highest BCUT2D eigenvalue weighted by atomic mass is 16.6. The van der Waals surface area contributed by atoms with Crippen LogP contribution < -0.4 is 11.1 Å². The van der Waals surface area contributed by atoms with Gasteiger partial charge in [-0.25, -0.2) is 4.79 Å². The first-order chi connectivity index (χ1) is 21.4. The molecule has 6 atom stereocenters. The molecule has 2 bridgehead atoms. The van der Waals surface area contributed by atoms with Crippen LogP contribution in [0.3, 0.4) is 0 Å². The van der Waals surface area contributed by atoms with Crippen molar-refractivity contribution in [2.75, 3.05) is 21.3 Å². The lowest BCUT2D eigenvalue weighted by atomic mass is 9.84. The number of fused-ring (bicyclic) bond motifs is 2. The number of allylic oxidation sites excluding steroid dienone is 4. The van der Waals surface area contributed by atoms with Crippen molar-refractivity contribution >= 4 is 29.8 Å². The molecular weight excluding hydrogens is 594 g/mol. The number of ether oxygens (including phenoxy) is 4. The summed E-state index contributed by atoms with van der Waals surface area (Å²) < 4.78 is 22.1. The number of Topliss-reactive ketones (excluding diaryl/α,β-unsaturated/α-hetero) is 2. The van der Waals surface area contributed by atoms with Crippen molar-refractivity contribution in [2.24, 2.45) is 22.6 Å². The lowest BCUT2D eigenvalue weighted by molar-refractivity contribution is -0.121. The molecular formula is C34H49N3O9. The van der Waals surface area contributed by atoms with Crippen molar-refractivity contribution < 1.29 is 43.2 Å². The van der Waals surface area contributed by atoms with Gasteiger partial charge in [0.25, 0.3) is 5.91 Å². The number of nitrogens with two attached hydrogens (primary N) is 1. The van der Waals surface area contributed by atoms with Crippen LogP contribution in [0.25, 0.3) is 0 Å². The maximum Gasteiger partial charge on any atom is 0.405 e. The molecule has 1 heterocycles. The Hall–Kier alpha value is -3.87. The van der Waals surface area contributed by atoms with E-state index in [9.17, 15) is 24.3 Å². The van der Waals surface area contributed by atoms with Gasteiger partial charge in [0, 0.05) is 37.5 Å². The van der Waals surface area contributed by atoms with Crippen molar-refractivity contribution in [3.8, 4) is 0 Å². The molecule has 0 aromatic rings. The molecule has 0 spiro atoms. The molecule has 0 radical (unpaired) electrons. The van der Waals surface area contributed by atoms with E-state index in [0.717, 1.165) is 0 Å². The first-order valence-corrected chi connectivity index (χ1v) is 15.2. The summed E-state index contributed by atoms with van der Waals surface area (Å²) in [7, 11) is 4.22. The van der Waals surface area contributed by atoms with Crippen molar-refractivity contribution in [2.45, 2.75) is 91.3 Å². The standard InChI is InChI=1S/C34H49N3O9/c1-18-14-22-28(39)26(23(17-36-34(5,6)7)29(40)31(22)45-10)37-32(41)19(2)12-11-13-24(43-8)30(46-33(35)42)21(4)16-20(3)27(38)25(15-18)44-9/h11-13,16-18,20,24-25,27,30,38H,14-15H2,1-10H3,(H2,35,42)(H,37,41)/b13-11+,19-12-,21-16-,36-17?/t18-,20+,24+,25-,27+,30-/m0/s1. The number of hydrogen-bond donors (Lipinski definition) is 3. The number of carbonyl (C=O) groups excluding carboxylic acids is 4. The summed E-state index contributed by atoms with van der Waals surface area (Å²) in [6, 6.07) is 0. The van der Waals surface area contributed by atoms with E-state index in [1.54, 1.807) is 39.0 Å². The Kier molecular flexibility index (Phi) is 13.8. The second-order valence-electron chi connectivity index (χ2n) is 12.7. The quantitative estimate of drug-likeness (QED) is 0.229. The third-order valence-corrected chi connectivity index (χ3v) is 7.72. The van der Waals surface area contributed by atoms with E-state index in [1.807, 2.05) is 27.7 Å². The van der Waals surface area contributed by atoms with E-state index in [0.29, 0.717) is 12.0 Å². The molecule has 12 nitrogen and oxygen atoms in total. The number of methoxy groups -OCH3 is 3. The maximum absolute atomic E-state index is 14.0. The van der Waals surface area contributed by atoms with Crippen LogP contribution >= 0.6 is 0 Å². The van der Waals surface area contributed by atoms with Gasteiger partial charge in [0.05, 0.1) is 30.4 Å². The van der Waals surface area contributed by atoms with Gasteiger partial charge >= 0.3 is 6.09 Å². The zero-order chi connectivity index (χ0) is 34.9. The average Bonchev–Trinajstić information content (AvgIpc) is 2.97. The molecule has 1 aliphatic carbocycles. The zero-order valence-corrected chi connectivity index (χ0v) is 28.5. The van der Waals surface area contributed by atoms with Gasteiger partial charge in [-0.1, -0.05) is 38.2 Å². The monoisotopic (exact) mass is 643 g/mol. The number of primary amides is 1. The molecule has 254 valence electrons. The van der Waals surface area contributed by atoms with E-state index in [4.69, 9.17) is 24.7 Å². The van der Waals surface area contributed by atoms with Crippen LogP contribution in [0.2, 0.25) is 0 Å². The molecule has 4 N–H and O–H groups in total. The third kappa shape index (κ3) is 10.1. The van der Waals surface area contributed by atoms with E-state index < -0.39 is 59.4 Å². The Balaban J connectivity index is 2.77. The second kappa shape index (κ2) is 16.6. The van der Waals surface area contributed by atoms with Gasteiger partial charge in [0.2, 0.25) is 11.6 Å². The highest BCUT2D eigenvalue weighted by Crippen LogP contribution is 2.31. The third-order valence-electron chi connectivity index (χ3n) is 7.72. The number of ketones is 2. The van der Waals surface area contributed by atoms with E-state index in [2.05, 4.69) is 10.3 Å². The Morgan fingerprint density at radius 3 is 2.28 bits per heavy atom. The fourth-order valence-corrected chi connectivity index (χ4v) is 5.25. The van der Waals surface area contributed by atoms with Crippen LogP contribution in [-0.2, 0) is 33.3 Å². The largest absolute Gasteiger partial charge is 0.492 e.